The number of halogens is 1. The third-order valence-corrected chi connectivity index (χ3v) is 3.76. The fourth-order valence-corrected chi connectivity index (χ4v) is 2.41. The van der Waals surface area contributed by atoms with Crippen LogP contribution < -0.4 is 11.1 Å². The number of nitrogens with one attached hydrogen (secondary N) is 1. The maximum Gasteiger partial charge on any atom is 0.268 e. The van der Waals surface area contributed by atoms with Crippen molar-refractivity contribution in [1.29, 1.82) is 0 Å². The molecular weight excluding hydrogens is 288 g/mol. The Morgan fingerprint density at radius 2 is 2.00 bits per heavy atom. The summed E-state index contributed by atoms with van der Waals surface area (Å²) in [5, 5.41) is 4.06. The lowest BCUT2D eigenvalue weighted by atomic mass is 10.0. The van der Waals surface area contributed by atoms with Crippen LogP contribution in [0, 0.1) is 5.92 Å². The molecule has 21 heavy (non-hydrogen) atoms. The SMILES string of the molecule is NC(=O)c1cncc(NC(c2ccc(Cl)cc2)C2CC2)n1. The molecule has 1 saturated carbocycles. The number of nitrogens with zero attached hydrogens (tertiary/aromatic N) is 2. The molecule has 1 aromatic heterocycles. The van der Waals surface area contributed by atoms with Crippen molar-refractivity contribution >= 4 is 23.3 Å². The van der Waals surface area contributed by atoms with Crippen LogP contribution in [-0.4, -0.2) is 15.9 Å². The summed E-state index contributed by atoms with van der Waals surface area (Å²) in [5.74, 6) is 0.531. The predicted molar refractivity (Wildman–Crippen MR) is 81.1 cm³/mol. The third kappa shape index (κ3) is 3.31. The summed E-state index contributed by atoms with van der Waals surface area (Å²) in [6.07, 6.45) is 5.30. The number of hydrogen-bond donors (Lipinski definition) is 2. The lowest BCUT2D eigenvalue weighted by molar-refractivity contribution is 0.0995. The van der Waals surface area contributed by atoms with Crippen molar-refractivity contribution in [3.8, 4) is 0 Å². The number of carbonyl (C=O) groups is 1. The number of nitrogens with two attached hydrogens (primary N) is 1. The Bertz CT molecular complexity index is 655. The van der Waals surface area contributed by atoms with E-state index in [0.29, 0.717) is 16.8 Å². The Balaban J connectivity index is 1.84. The van der Waals surface area contributed by atoms with Crippen LogP contribution in [-0.2, 0) is 0 Å². The molecule has 0 bridgehead atoms. The van der Waals surface area contributed by atoms with E-state index in [2.05, 4.69) is 15.3 Å². The second-order valence-corrected chi connectivity index (χ2v) is 5.60. The maximum absolute atomic E-state index is 11.2. The van der Waals surface area contributed by atoms with Gasteiger partial charge in [0.25, 0.3) is 5.91 Å². The number of carbonyl (C=O) groups excluding carboxylic acids is 1. The molecule has 3 N–H and O–H groups in total. The summed E-state index contributed by atoms with van der Waals surface area (Å²) >= 11 is 5.93. The van der Waals surface area contributed by atoms with Crippen LogP contribution in [0.1, 0.15) is 34.9 Å². The molecule has 1 amide bonds. The van der Waals surface area contributed by atoms with Gasteiger partial charge in [0.2, 0.25) is 0 Å². The minimum Gasteiger partial charge on any atom is -0.364 e. The number of amides is 1. The van der Waals surface area contributed by atoms with E-state index in [1.54, 1.807) is 6.20 Å². The first-order valence-corrected chi connectivity index (χ1v) is 7.15. The molecule has 2 aromatic rings. The topological polar surface area (TPSA) is 80.9 Å². The Morgan fingerprint density at radius 1 is 1.29 bits per heavy atom. The van der Waals surface area contributed by atoms with Gasteiger partial charge in [0, 0.05) is 5.02 Å². The molecule has 0 spiro atoms. The standard InChI is InChI=1S/C15H15ClN4O/c16-11-5-3-10(4-6-11)14(9-1-2-9)20-13-8-18-7-12(19-13)15(17)21/h3-9,14H,1-2H2,(H2,17,21)(H,19,20). The highest BCUT2D eigenvalue weighted by Crippen LogP contribution is 2.42. The number of primary amides is 1. The van der Waals surface area contributed by atoms with Crippen molar-refractivity contribution in [3.63, 3.8) is 0 Å². The van der Waals surface area contributed by atoms with Crippen molar-refractivity contribution in [2.24, 2.45) is 11.7 Å². The molecule has 1 atom stereocenters. The number of rotatable bonds is 5. The van der Waals surface area contributed by atoms with Gasteiger partial charge >= 0.3 is 0 Å². The molecule has 0 radical (unpaired) electrons. The molecule has 1 heterocycles. The zero-order valence-electron chi connectivity index (χ0n) is 11.3. The second kappa shape index (κ2) is 5.69. The maximum atomic E-state index is 11.2. The summed E-state index contributed by atoms with van der Waals surface area (Å²) in [5.41, 5.74) is 6.53. The van der Waals surface area contributed by atoms with E-state index in [9.17, 15) is 4.79 Å². The molecule has 1 aliphatic rings. The fraction of sp³-hybridized carbons (Fsp3) is 0.267. The van der Waals surface area contributed by atoms with Crippen LogP contribution in [0.4, 0.5) is 5.82 Å². The van der Waals surface area contributed by atoms with Crippen molar-refractivity contribution in [1.82, 2.24) is 9.97 Å². The van der Waals surface area contributed by atoms with Gasteiger partial charge in [-0.25, -0.2) is 4.98 Å². The average molecular weight is 303 g/mol. The molecule has 108 valence electrons. The minimum absolute atomic E-state index is 0.139. The minimum atomic E-state index is -0.583. The van der Waals surface area contributed by atoms with E-state index in [0.717, 1.165) is 5.56 Å². The zero-order valence-corrected chi connectivity index (χ0v) is 12.0. The van der Waals surface area contributed by atoms with Gasteiger partial charge in [0.15, 0.2) is 0 Å². The van der Waals surface area contributed by atoms with Crippen LogP contribution in [0.25, 0.3) is 0 Å². The van der Waals surface area contributed by atoms with E-state index in [1.807, 2.05) is 24.3 Å². The molecule has 1 unspecified atom stereocenters. The Hall–Kier alpha value is -2.14. The van der Waals surface area contributed by atoms with Gasteiger partial charge < -0.3 is 11.1 Å². The lowest BCUT2D eigenvalue weighted by Crippen LogP contribution is -2.17. The van der Waals surface area contributed by atoms with Gasteiger partial charge in [-0.2, -0.15) is 0 Å². The lowest BCUT2D eigenvalue weighted by Gasteiger charge is -2.19. The summed E-state index contributed by atoms with van der Waals surface area (Å²) < 4.78 is 0. The molecule has 1 aliphatic carbocycles. The van der Waals surface area contributed by atoms with Gasteiger partial charge in [-0.05, 0) is 36.5 Å². The first-order valence-electron chi connectivity index (χ1n) is 6.77. The Morgan fingerprint density at radius 3 is 2.62 bits per heavy atom. The van der Waals surface area contributed by atoms with E-state index < -0.39 is 5.91 Å². The van der Waals surface area contributed by atoms with Crippen molar-refractivity contribution in [3.05, 3.63) is 52.9 Å². The van der Waals surface area contributed by atoms with Crippen LogP contribution in [0.5, 0.6) is 0 Å². The monoisotopic (exact) mass is 302 g/mol. The number of anilines is 1. The van der Waals surface area contributed by atoms with E-state index in [-0.39, 0.29) is 11.7 Å². The van der Waals surface area contributed by atoms with Gasteiger partial charge in [-0.1, -0.05) is 23.7 Å². The molecule has 0 saturated heterocycles. The molecule has 1 aromatic carbocycles. The Kier molecular flexibility index (Phi) is 3.75. The van der Waals surface area contributed by atoms with Gasteiger partial charge in [0.1, 0.15) is 11.5 Å². The van der Waals surface area contributed by atoms with Crippen LogP contribution in [0.3, 0.4) is 0 Å². The quantitative estimate of drug-likeness (QED) is 0.890. The van der Waals surface area contributed by atoms with Crippen molar-refractivity contribution < 1.29 is 4.79 Å². The first kappa shape index (κ1) is 13.8. The van der Waals surface area contributed by atoms with E-state index >= 15 is 0 Å². The average Bonchev–Trinajstić information content (AvgIpc) is 3.31. The van der Waals surface area contributed by atoms with Gasteiger partial charge in [0.05, 0.1) is 18.4 Å². The summed E-state index contributed by atoms with van der Waals surface area (Å²) in [6.45, 7) is 0. The highest BCUT2D eigenvalue weighted by atomic mass is 35.5. The fourth-order valence-electron chi connectivity index (χ4n) is 2.29. The van der Waals surface area contributed by atoms with Crippen molar-refractivity contribution in [2.75, 3.05) is 5.32 Å². The molecule has 6 heteroatoms. The largest absolute Gasteiger partial charge is 0.364 e. The second-order valence-electron chi connectivity index (χ2n) is 5.16. The highest BCUT2D eigenvalue weighted by Gasteiger charge is 2.32. The molecule has 1 fully saturated rings. The molecule has 3 rings (SSSR count). The third-order valence-electron chi connectivity index (χ3n) is 3.51. The Labute approximate surface area is 127 Å². The normalized spacial score (nSPS) is 15.5. The zero-order chi connectivity index (χ0) is 14.8. The van der Waals surface area contributed by atoms with E-state index in [1.165, 1.54) is 19.0 Å². The predicted octanol–water partition coefficient (Wildman–Crippen LogP) is 2.79. The van der Waals surface area contributed by atoms with Crippen molar-refractivity contribution in [2.45, 2.75) is 18.9 Å². The summed E-state index contributed by atoms with van der Waals surface area (Å²) in [4.78, 5) is 19.4. The van der Waals surface area contributed by atoms with Crippen LogP contribution in [0.2, 0.25) is 5.02 Å². The first-order chi connectivity index (χ1) is 10.1. The van der Waals surface area contributed by atoms with Crippen LogP contribution >= 0.6 is 11.6 Å². The number of benzene rings is 1. The van der Waals surface area contributed by atoms with Crippen LogP contribution in [0.15, 0.2) is 36.7 Å². The number of hydrogen-bond acceptors (Lipinski definition) is 4. The molecule has 0 aliphatic heterocycles. The van der Waals surface area contributed by atoms with Gasteiger partial charge in [-0.15, -0.1) is 0 Å². The molecule has 5 nitrogen and oxygen atoms in total. The highest BCUT2D eigenvalue weighted by molar-refractivity contribution is 6.30. The van der Waals surface area contributed by atoms with E-state index in [4.69, 9.17) is 17.3 Å². The molecular formula is C15H15ClN4O. The van der Waals surface area contributed by atoms with Gasteiger partial charge in [-0.3, -0.25) is 9.78 Å². The summed E-state index contributed by atoms with van der Waals surface area (Å²) in [6, 6.07) is 7.89. The smallest absolute Gasteiger partial charge is 0.268 e. The summed E-state index contributed by atoms with van der Waals surface area (Å²) in [7, 11) is 0. The number of aromatic nitrogens is 2.